The van der Waals surface area contributed by atoms with Crippen LogP contribution in [0.25, 0.3) is 187 Å². The largest absolute Gasteiger partial charge is 0.310 e. The number of para-hydroxylation sites is 12. The van der Waals surface area contributed by atoms with E-state index < -0.39 is 0 Å². The number of nitrogens with zero attached hydrogens (tertiary/aromatic N) is 9. The molecule has 6 heterocycles. The van der Waals surface area contributed by atoms with Crippen molar-refractivity contribution in [1.82, 2.24) is 27.4 Å². The van der Waals surface area contributed by atoms with E-state index in [1.807, 2.05) is 0 Å². The third-order valence-electron chi connectivity index (χ3n) is 29.2. The highest BCUT2D eigenvalue weighted by Gasteiger charge is 2.31. The number of fused-ring (bicyclic) bond motifs is 19. The third-order valence-corrected chi connectivity index (χ3v) is 29.2. The van der Waals surface area contributed by atoms with Gasteiger partial charge in [-0.25, -0.2) is 0 Å². The Kier molecular flexibility index (Phi) is 22.0. The molecule has 9 heteroatoms. The maximum absolute atomic E-state index is 2.52. The Morgan fingerprint density at radius 1 is 0.142 bits per heavy atom. The van der Waals surface area contributed by atoms with Crippen LogP contribution in [0, 0.1) is 6.92 Å². The summed E-state index contributed by atoms with van der Waals surface area (Å²) in [6.07, 6.45) is 0. The van der Waals surface area contributed by atoms with E-state index in [9.17, 15) is 0 Å². The fraction of sp³-hybridized carbons (Fsp3) is 0.00719. The minimum atomic E-state index is 1.10. The van der Waals surface area contributed by atoms with Crippen LogP contribution in [0.2, 0.25) is 0 Å². The molecule has 0 unspecified atom stereocenters. The number of benzene rings is 23. The Morgan fingerprint density at radius 2 is 0.405 bits per heavy atom. The average Bonchev–Trinajstić information content (AvgIpc) is 1.54. The summed E-state index contributed by atoms with van der Waals surface area (Å²) in [4.78, 5) is 7.04. The SMILES string of the molecule is Cc1ccc2c(c1)c1c(c3cc(N(c4ccccc4)c4ccccc4)ccc3n1-c1ccccc1)n2-c1ccccc1.c1ccc(-c2ccc3c(c2)c2c(c4cc(N(c5ccccc5)c5ccccc5)ccc4n2-c2ccccc2)n3-c2ccccc2)cc1.c1ccc(N(c2ccccc2)c2ccc3c(c2)c2c(c4ccccc4n2-c2ccccc2)n3-c2ccc(-c3cc4ccccc4c4ccccc34)c3ccccc23)cc1. The van der Waals surface area contributed by atoms with Crippen LogP contribution in [-0.2, 0) is 0 Å². The summed E-state index contributed by atoms with van der Waals surface area (Å²) in [5, 5.41) is 14.8. The second kappa shape index (κ2) is 37.3. The molecular formula is C139H97N9. The maximum atomic E-state index is 2.52. The fourth-order valence-electron chi connectivity index (χ4n) is 22.9. The zero-order chi connectivity index (χ0) is 98.1. The number of anilines is 9. The van der Waals surface area contributed by atoms with Crippen molar-refractivity contribution in [3.05, 3.63) is 576 Å². The van der Waals surface area contributed by atoms with Crippen LogP contribution < -0.4 is 14.7 Å². The Labute approximate surface area is 857 Å². The Balaban J connectivity index is 0.000000111. The summed E-state index contributed by atoms with van der Waals surface area (Å²) in [7, 11) is 0. The van der Waals surface area contributed by atoms with Gasteiger partial charge in [0.1, 0.15) is 0 Å². The number of aromatic nitrogens is 6. The Hall–Kier alpha value is -19.7. The van der Waals surface area contributed by atoms with Gasteiger partial charge in [-0.15, -0.1) is 0 Å². The molecule has 23 aromatic carbocycles. The summed E-state index contributed by atoms with van der Waals surface area (Å²) in [5.41, 5.74) is 37.3. The van der Waals surface area contributed by atoms with Gasteiger partial charge in [-0.05, 0) is 287 Å². The number of rotatable bonds is 17. The highest BCUT2D eigenvalue weighted by Crippen LogP contribution is 2.52. The maximum Gasteiger partial charge on any atom is 0.0804 e. The van der Waals surface area contributed by atoms with Crippen molar-refractivity contribution in [3.8, 4) is 56.4 Å². The van der Waals surface area contributed by atoms with Gasteiger partial charge in [-0.1, -0.05) is 345 Å². The van der Waals surface area contributed by atoms with Gasteiger partial charge in [0.25, 0.3) is 0 Å². The van der Waals surface area contributed by atoms with Crippen LogP contribution in [0.3, 0.4) is 0 Å². The predicted molar refractivity (Wildman–Crippen MR) is 625 cm³/mol. The van der Waals surface area contributed by atoms with Crippen LogP contribution in [0.1, 0.15) is 5.56 Å². The topological polar surface area (TPSA) is 39.3 Å². The first-order valence-corrected chi connectivity index (χ1v) is 50.7. The molecule has 0 aliphatic heterocycles. The van der Waals surface area contributed by atoms with Crippen LogP contribution >= 0.6 is 0 Å². The normalized spacial score (nSPS) is 11.5. The molecule has 29 rings (SSSR count). The van der Waals surface area contributed by atoms with Crippen molar-refractivity contribution < 1.29 is 0 Å². The van der Waals surface area contributed by atoms with Crippen molar-refractivity contribution in [2.45, 2.75) is 6.92 Å². The minimum Gasteiger partial charge on any atom is -0.310 e. The lowest BCUT2D eigenvalue weighted by molar-refractivity contribution is 1.17. The summed E-state index contributed by atoms with van der Waals surface area (Å²) in [6.45, 7) is 2.18. The fourth-order valence-corrected chi connectivity index (χ4v) is 22.9. The van der Waals surface area contributed by atoms with E-state index >= 15 is 0 Å². The van der Waals surface area contributed by atoms with Gasteiger partial charge in [0.2, 0.25) is 0 Å². The lowest BCUT2D eigenvalue weighted by Crippen LogP contribution is -2.09. The van der Waals surface area contributed by atoms with Crippen molar-refractivity contribution in [2.75, 3.05) is 14.7 Å². The highest BCUT2D eigenvalue weighted by atomic mass is 15.2. The average molecular weight is 1890 g/mol. The summed E-state index contributed by atoms with van der Waals surface area (Å²) in [6, 6.07) is 205. The minimum absolute atomic E-state index is 1.10. The molecular weight excluding hydrogens is 1800 g/mol. The van der Waals surface area contributed by atoms with E-state index in [2.05, 4.69) is 619 Å². The van der Waals surface area contributed by atoms with E-state index in [0.29, 0.717) is 0 Å². The van der Waals surface area contributed by atoms with Gasteiger partial charge < -0.3 is 42.1 Å². The molecule has 0 saturated carbocycles. The first-order chi connectivity index (χ1) is 73.4. The molecule has 0 aliphatic rings. The predicted octanol–water partition coefficient (Wildman–Crippen LogP) is 37.7. The summed E-state index contributed by atoms with van der Waals surface area (Å²) in [5.74, 6) is 0. The van der Waals surface area contributed by atoms with Gasteiger partial charge in [-0.3, -0.25) is 0 Å². The molecule has 29 aromatic rings. The quantitative estimate of drug-likeness (QED) is 0.0853. The molecule has 0 fully saturated rings. The zero-order valence-corrected chi connectivity index (χ0v) is 81.3. The van der Waals surface area contributed by atoms with Gasteiger partial charge in [0.05, 0.1) is 71.9 Å². The summed E-state index contributed by atoms with van der Waals surface area (Å²) >= 11 is 0. The van der Waals surface area contributed by atoms with Crippen molar-refractivity contribution >= 4 is 182 Å². The van der Waals surface area contributed by atoms with Gasteiger partial charge in [0.15, 0.2) is 0 Å². The van der Waals surface area contributed by atoms with Crippen LogP contribution in [0.15, 0.2) is 570 Å². The molecule has 0 N–H and O–H groups in total. The number of hydrogen-bond acceptors (Lipinski definition) is 3. The zero-order valence-electron chi connectivity index (χ0n) is 81.3. The van der Waals surface area contributed by atoms with Crippen molar-refractivity contribution in [3.63, 3.8) is 0 Å². The highest BCUT2D eigenvalue weighted by molar-refractivity contribution is 6.25. The Morgan fingerprint density at radius 3 is 0.784 bits per heavy atom. The molecule has 698 valence electrons. The van der Waals surface area contributed by atoms with Gasteiger partial charge in [0, 0.05) is 117 Å². The van der Waals surface area contributed by atoms with Crippen LogP contribution in [-0.4, -0.2) is 27.4 Å². The number of hydrogen-bond donors (Lipinski definition) is 0. The van der Waals surface area contributed by atoms with E-state index in [4.69, 9.17) is 0 Å². The molecule has 9 nitrogen and oxygen atoms in total. The van der Waals surface area contributed by atoms with Crippen LogP contribution in [0.5, 0.6) is 0 Å². The second-order valence-corrected chi connectivity index (χ2v) is 37.9. The molecule has 6 aromatic heterocycles. The number of aryl methyl sites for hydroxylation is 1. The molecule has 0 radical (unpaired) electrons. The third kappa shape index (κ3) is 15.1. The monoisotopic (exact) mass is 1890 g/mol. The molecule has 0 saturated heterocycles. The molecule has 148 heavy (non-hydrogen) atoms. The smallest absolute Gasteiger partial charge is 0.0804 e. The van der Waals surface area contributed by atoms with E-state index in [1.165, 1.54) is 153 Å². The lowest BCUT2D eigenvalue weighted by atomic mass is 9.90. The van der Waals surface area contributed by atoms with Gasteiger partial charge >= 0.3 is 0 Å². The molecule has 0 amide bonds. The first-order valence-electron chi connectivity index (χ1n) is 50.7. The molecule has 0 aliphatic carbocycles. The standard InChI is InChI=1S/C56H37N3.C44H31N3.C39H29N3/c1-4-19-39(20-5-1)57(40-21-6-2-7-22-40)42-32-34-54-51(37-42)56-55(49-30-16-17-31-52(49)58(56)41-23-8-3-9-24-41)59(54)53-35-33-47(45-27-14-15-29-48(45)53)50-36-38-18-10-11-25-43(38)44-26-12-13-28-46(44)50;1-6-16-32(17-7-1)33-26-28-41-39(30-33)43-44(46(41)36-22-12-4-13-23-36)40-31-38(27-29-42(40)47(43)37-24-14-5-15-25-37)45(34-18-8-2-9-19-34)35-20-10-3-11-21-35;1-28-22-24-36-34(26-28)38-39(41(36)31-18-10-4-11-19-31)35-27-33(23-25-37(35)42(38)32-20-12-5-13-21-32)40(29-14-6-2-7-15-29)30-16-8-3-9-17-30/h1-37H;1-31H;2-27H,1H3. The van der Waals surface area contributed by atoms with Gasteiger partial charge in [-0.2, -0.15) is 0 Å². The first kappa shape index (κ1) is 87.3. The second-order valence-electron chi connectivity index (χ2n) is 37.9. The molecule has 0 atom stereocenters. The van der Waals surface area contributed by atoms with Crippen molar-refractivity contribution in [1.29, 1.82) is 0 Å². The molecule has 0 bridgehead atoms. The Bertz CT molecular complexity index is 9810. The lowest BCUT2D eigenvalue weighted by Gasteiger charge is -2.25. The van der Waals surface area contributed by atoms with Crippen LogP contribution in [0.4, 0.5) is 51.2 Å². The van der Waals surface area contributed by atoms with E-state index in [-0.39, 0.29) is 0 Å². The van der Waals surface area contributed by atoms with Crippen molar-refractivity contribution in [2.24, 2.45) is 0 Å². The van der Waals surface area contributed by atoms with E-state index in [1.54, 1.807) is 0 Å². The molecule has 0 spiro atoms. The van der Waals surface area contributed by atoms with E-state index in [0.717, 1.165) is 90.8 Å². The summed E-state index contributed by atoms with van der Waals surface area (Å²) < 4.78 is 14.7.